The number of carbonyl (C=O) groups is 2. The van der Waals surface area contributed by atoms with Crippen molar-refractivity contribution in [2.75, 3.05) is 5.73 Å². The minimum atomic E-state index is -1.61. The van der Waals surface area contributed by atoms with Gasteiger partial charge in [-0.25, -0.2) is 0 Å². The molecular weight excluding hydrogens is 246 g/mol. The number of carbonyl (C=O) groups excluding carboxylic acids is 2. The average molecular weight is 252 g/mol. The summed E-state index contributed by atoms with van der Waals surface area (Å²) in [6.45, 7) is 0. The first-order valence-electron chi connectivity index (χ1n) is 4.38. The van der Waals surface area contributed by atoms with Crippen molar-refractivity contribution >= 4 is 39.1 Å². The molecule has 5 N–H and O–H groups in total. The summed E-state index contributed by atoms with van der Waals surface area (Å²) in [7, 11) is 0. The summed E-state index contributed by atoms with van der Waals surface area (Å²) < 4.78 is 0. The van der Waals surface area contributed by atoms with Gasteiger partial charge in [0.1, 0.15) is 9.71 Å². The molecule has 1 amide bonds. The predicted octanol–water partition coefficient (Wildman–Crippen LogP) is -1.37. The van der Waals surface area contributed by atoms with Crippen LogP contribution in [0.2, 0.25) is 0 Å². The second kappa shape index (κ2) is 3.59. The summed E-state index contributed by atoms with van der Waals surface area (Å²) in [6.07, 6.45) is 0. The van der Waals surface area contributed by atoms with Crippen LogP contribution < -0.4 is 22.1 Å². The number of carboxylic acids is 1. The van der Waals surface area contributed by atoms with Crippen molar-refractivity contribution in [1.82, 2.24) is 4.98 Å². The second-order valence-corrected chi connectivity index (χ2v) is 4.27. The summed E-state index contributed by atoms with van der Waals surface area (Å²) in [4.78, 5) is 35.7. The van der Waals surface area contributed by atoms with Crippen molar-refractivity contribution in [2.24, 2.45) is 5.73 Å². The first kappa shape index (κ1) is 11.1. The van der Waals surface area contributed by atoms with E-state index in [0.29, 0.717) is 4.83 Å². The molecule has 0 saturated heterocycles. The van der Waals surface area contributed by atoms with E-state index < -0.39 is 23.0 Å². The number of pyridine rings is 1. The Morgan fingerprint density at radius 3 is 2.59 bits per heavy atom. The molecule has 8 heteroatoms. The summed E-state index contributed by atoms with van der Waals surface area (Å²) in [6, 6.07) is 1.07. The Labute approximate surface area is 97.7 Å². The first-order valence-corrected chi connectivity index (χ1v) is 5.20. The number of primary amides is 1. The van der Waals surface area contributed by atoms with Gasteiger partial charge in [-0.05, 0) is 6.07 Å². The highest BCUT2D eigenvalue weighted by molar-refractivity contribution is 7.21. The van der Waals surface area contributed by atoms with Crippen molar-refractivity contribution in [2.45, 2.75) is 0 Å². The molecular formula is C9H6N3O4S-. The highest BCUT2D eigenvalue weighted by atomic mass is 32.1. The summed E-state index contributed by atoms with van der Waals surface area (Å²) in [5.74, 6) is -2.35. The van der Waals surface area contributed by atoms with E-state index in [1.165, 1.54) is 0 Å². The SMILES string of the molecule is NC(=O)c1sc2[nH]c(=O)c(C(=O)[O-])cc2c1N. The highest BCUT2D eigenvalue weighted by Gasteiger charge is 2.16. The molecule has 0 saturated carbocycles. The Balaban J connectivity index is 2.86. The van der Waals surface area contributed by atoms with Crippen LogP contribution in [0.4, 0.5) is 5.69 Å². The average Bonchev–Trinajstić information content (AvgIpc) is 2.54. The molecule has 0 unspecified atom stereocenters. The molecule has 0 atom stereocenters. The predicted molar refractivity (Wildman–Crippen MR) is 59.7 cm³/mol. The molecule has 17 heavy (non-hydrogen) atoms. The van der Waals surface area contributed by atoms with Gasteiger partial charge >= 0.3 is 0 Å². The number of nitrogens with one attached hydrogen (secondary N) is 1. The van der Waals surface area contributed by atoms with Crippen molar-refractivity contribution in [3.05, 3.63) is 26.9 Å². The zero-order chi connectivity index (χ0) is 12.7. The molecule has 0 aliphatic heterocycles. The highest BCUT2D eigenvalue weighted by Crippen LogP contribution is 2.31. The lowest BCUT2D eigenvalue weighted by Gasteiger charge is -2.00. The number of hydrogen-bond acceptors (Lipinski definition) is 6. The van der Waals surface area contributed by atoms with Crippen molar-refractivity contribution in [3.8, 4) is 0 Å². The van der Waals surface area contributed by atoms with Crippen LogP contribution in [0.25, 0.3) is 10.2 Å². The van der Waals surface area contributed by atoms with E-state index in [4.69, 9.17) is 11.5 Å². The Morgan fingerprint density at radius 2 is 2.06 bits per heavy atom. The number of amides is 1. The number of aromatic amines is 1. The van der Waals surface area contributed by atoms with Gasteiger partial charge in [0, 0.05) is 5.39 Å². The van der Waals surface area contributed by atoms with E-state index in [1.807, 2.05) is 0 Å². The third-order valence-electron chi connectivity index (χ3n) is 2.19. The molecule has 0 aromatic carbocycles. The number of anilines is 1. The Bertz CT molecular complexity index is 700. The molecule has 7 nitrogen and oxygen atoms in total. The maximum Gasteiger partial charge on any atom is 0.260 e. The van der Waals surface area contributed by atoms with Crippen molar-refractivity contribution in [3.63, 3.8) is 0 Å². The third-order valence-corrected chi connectivity index (χ3v) is 3.34. The van der Waals surface area contributed by atoms with Crippen LogP contribution in [0.1, 0.15) is 20.0 Å². The largest absolute Gasteiger partial charge is 0.545 e. The van der Waals surface area contributed by atoms with Crippen LogP contribution in [0.3, 0.4) is 0 Å². The quantitative estimate of drug-likeness (QED) is 0.604. The fourth-order valence-electron chi connectivity index (χ4n) is 1.41. The fraction of sp³-hybridized carbons (Fsp3) is 0. The van der Waals surface area contributed by atoms with E-state index in [1.54, 1.807) is 0 Å². The van der Waals surface area contributed by atoms with Gasteiger partial charge in [-0.2, -0.15) is 0 Å². The minimum Gasteiger partial charge on any atom is -0.545 e. The van der Waals surface area contributed by atoms with Gasteiger partial charge in [0.05, 0.1) is 17.2 Å². The van der Waals surface area contributed by atoms with Gasteiger partial charge in [-0.15, -0.1) is 11.3 Å². The van der Waals surface area contributed by atoms with Gasteiger partial charge in [0.15, 0.2) is 0 Å². The molecule has 88 valence electrons. The molecule has 2 aromatic heterocycles. The molecule has 0 bridgehead atoms. The zero-order valence-electron chi connectivity index (χ0n) is 8.27. The number of fused-ring (bicyclic) bond motifs is 1. The smallest absolute Gasteiger partial charge is 0.260 e. The third kappa shape index (κ3) is 1.64. The second-order valence-electron chi connectivity index (χ2n) is 3.25. The monoisotopic (exact) mass is 252 g/mol. The first-order chi connectivity index (χ1) is 7.91. The van der Waals surface area contributed by atoms with Crippen LogP contribution in [0.5, 0.6) is 0 Å². The zero-order valence-corrected chi connectivity index (χ0v) is 9.09. The molecule has 0 spiro atoms. The Morgan fingerprint density at radius 1 is 1.41 bits per heavy atom. The lowest BCUT2D eigenvalue weighted by atomic mass is 10.2. The standard InChI is InChI=1S/C9H7N3O4S/c10-4-2-1-3(9(15)16)7(14)12-8(2)17-5(4)6(11)13/h1H,10H2,(H2,11,13)(H,12,14)(H,15,16)/p-1. The number of rotatable bonds is 2. The molecule has 2 heterocycles. The Hall–Kier alpha value is -2.35. The van der Waals surface area contributed by atoms with E-state index in [9.17, 15) is 19.5 Å². The maximum atomic E-state index is 11.3. The molecule has 0 radical (unpaired) electrons. The van der Waals surface area contributed by atoms with E-state index in [0.717, 1.165) is 17.4 Å². The van der Waals surface area contributed by atoms with Gasteiger partial charge in [0.2, 0.25) is 0 Å². The summed E-state index contributed by atoms with van der Waals surface area (Å²) in [5.41, 5.74) is 9.42. The number of H-pyrrole nitrogens is 1. The van der Waals surface area contributed by atoms with Crippen LogP contribution in [0.15, 0.2) is 10.9 Å². The van der Waals surface area contributed by atoms with Crippen LogP contribution >= 0.6 is 11.3 Å². The number of aromatic carboxylic acids is 1. The normalized spacial score (nSPS) is 10.6. The van der Waals surface area contributed by atoms with Gasteiger partial charge in [-0.3, -0.25) is 9.59 Å². The summed E-state index contributed by atoms with van der Waals surface area (Å²) in [5, 5.41) is 10.9. The van der Waals surface area contributed by atoms with Crippen LogP contribution in [0, 0.1) is 0 Å². The molecule has 2 rings (SSSR count). The number of nitrogen functional groups attached to an aromatic ring is 1. The minimum absolute atomic E-state index is 0.0521. The van der Waals surface area contributed by atoms with Crippen molar-refractivity contribution in [1.29, 1.82) is 0 Å². The maximum absolute atomic E-state index is 11.3. The van der Waals surface area contributed by atoms with E-state index >= 15 is 0 Å². The number of nitrogens with two attached hydrogens (primary N) is 2. The van der Waals surface area contributed by atoms with Gasteiger partial charge in [0.25, 0.3) is 11.5 Å². The fourth-order valence-corrected chi connectivity index (χ4v) is 2.35. The van der Waals surface area contributed by atoms with Gasteiger partial charge in [-0.1, -0.05) is 0 Å². The number of aromatic nitrogens is 1. The number of hydrogen-bond donors (Lipinski definition) is 3. The van der Waals surface area contributed by atoms with Crippen LogP contribution in [-0.4, -0.2) is 16.9 Å². The lowest BCUT2D eigenvalue weighted by Crippen LogP contribution is -2.29. The number of thiophene rings is 1. The topological polar surface area (TPSA) is 142 Å². The van der Waals surface area contributed by atoms with E-state index in [-0.39, 0.29) is 16.0 Å². The molecule has 0 fully saturated rings. The van der Waals surface area contributed by atoms with Gasteiger partial charge < -0.3 is 26.4 Å². The number of carboxylic acid groups (broad SMARTS) is 1. The van der Waals surface area contributed by atoms with Crippen LogP contribution in [-0.2, 0) is 0 Å². The molecule has 0 aliphatic rings. The summed E-state index contributed by atoms with van der Waals surface area (Å²) >= 11 is 0.898. The van der Waals surface area contributed by atoms with Crippen molar-refractivity contribution < 1.29 is 14.7 Å². The van der Waals surface area contributed by atoms with E-state index in [2.05, 4.69) is 4.98 Å². The molecule has 0 aliphatic carbocycles. The Kier molecular flexibility index (Phi) is 2.36. The molecule has 2 aromatic rings. The lowest BCUT2D eigenvalue weighted by molar-refractivity contribution is -0.255.